The van der Waals surface area contributed by atoms with Gasteiger partial charge in [0, 0.05) is 78.6 Å². The van der Waals surface area contributed by atoms with E-state index < -0.39 is 5.41 Å². The summed E-state index contributed by atoms with van der Waals surface area (Å²) < 4.78 is 21.2. The number of rotatable bonds is 8. The lowest BCUT2D eigenvalue weighted by molar-refractivity contribution is 0.590. The van der Waals surface area contributed by atoms with E-state index in [1.165, 1.54) is 33.4 Å². The first-order chi connectivity index (χ1) is 45.7. The van der Waals surface area contributed by atoms with Crippen LogP contribution in [0.25, 0.3) is 110 Å². The maximum atomic E-state index is 7.56. The number of benzene rings is 11. The van der Waals surface area contributed by atoms with Gasteiger partial charge < -0.3 is 13.3 Å². The summed E-state index contributed by atoms with van der Waals surface area (Å²) in [7, 11) is 0. The average molecular weight is 1220 g/mol. The Morgan fingerprint density at radius 2 is 0.840 bits per heavy atom. The Kier molecular flexibility index (Phi) is 12.0. The van der Waals surface area contributed by atoms with Crippen LogP contribution in [-0.4, -0.2) is 9.97 Å². The fourth-order valence-corrected chi connectivity index (χ4v) is 15.6. The Labute approximate surface area is 545 Å². The van der Waals surface area contributed by atoms with E-state index in [0.717, 1.165) is 156 Å². The molecule has 94 heavy (non-hydrogen) atoms. The van der Waals surface area contributed by atoms with Crippen LogP contribution >= 0.6 is 0 Å². The number of fused-ring (bicyclic) bond motifs is 20. The van der Waals surface area contributed by atoms with Gasteiger partial charge in [-0.15, -0.1) is 0 Å². The van der Waals surface area contributed by atoms with E-state index in [2.05, 4.69) is 296 Å². The number of para-hydroxylation sites is 5. The monoisotopic (exact) mass is 1210 g/mol. The number of aromatic nitrogens is 2. The molecule has 0 fully saturated rings. The van der Waals surface area contributed by atoms with Gasteiger partial charge in [-0.2, -0.15) is 0 Å². The number of nitrogens with zero attached hydrogens (tertiary/aromatic N) is 4. The molecule has 0 aliphatic heterocycles. The van der Waals surface area contributed by atoms with Gasteiger partial charge in [0.1, 0.15) is 45.1 Å². The topological polar surface area (TPSA) is 71.7 Å². The molecule has 452 valence electrons. The zero-order chi connectivity index (χ0) is 63.5. The molecule has 2 aliphatic carbocycles. The number of pyridine rings is 2. The van der Waals surface area contributed by atoms with Crippen molar-refractivity contribution in [1.29, 1.82) is 0 Å². The Morgan fingerprint density at radius 3 is 1.44 bits per heavy atom. The van der Waals surface area contributed by atoms with E-state index in [4.69, 9.17) is 23.2 Å². The third kappa shape index (κ3) is 8.16. The summed E-state index contributed by atoms with van der Waals surface area (Å²) in [5, 5.41) is 6.31. The van der Waals surface area contributed by atoms with E-state index >= 15 is 0 Å². The minimum atomic E-state index is -0.856. The highest BCUT2D eigenvalue weighted by molar-refractivity contribution is 6.21. The van der Waals surface area contributed by atoms with Crippen molar-refractivity contribution in [3.8, 4) is 44.5 Å². The van der Waals surface area contributed by atoms with Crippen LogP contribution in [-0.2, 0) is 16.2 Å². The van der Waals surface area contributed by atoms with Crippen LogP contribution in [0.3, 0.4) is 0 Å². The van der Waals surface area contributed by atoms with Crippen molar-refractivity contribution in [1.82, 2.24) is 9.97 Å². The summed E-state index contributed by atoms with van der Waals surface area (Å²) in [6.07, 6.45) is 4.02. The van der Waals surface area contributed by atoms with Crippen LogP contribution in [0.5, 0.6) is 0 Å². The van der Waals surface area contributed by atoms with Crippen LogP contribution in [0.15, 0.2) is 268 Å². The van der Waals surface area contributed by atoms with Crippen molar-refractivity contribution in [2.75, 3.05) is 9.80 Å². The minimum absolute atomic E-state index is 0.0646. The standard InChI is InChI=1S/C87H66N4O3/c1-51-45-69(65-29-20-27-63-61-24-12-17-33-76(61)93-82(63)65)84(89-49-51)91(56-41-37-54(38-42-56)86(6,7)8)74-48-73-79(83-80(74)67-25-13-18-34-77(67)94-83)66-44-43-57(46-72(66)87(73)70-30-14-9-21-58(70)59-22-10-15-31-71(59)87)90(55-39-35-53(36-40-55)85(3,4)5)78-47-68(52(2)50-88-78)64-28-19-26-62-60-23-11-16-32-75(60)92-81(62)64/h9-50H,1-8H3. The van der Waals surface area contributed by atoms with Crippen molar-refractivity contribution in [3.63, 3.8) is 0 Å². The summed E-state index contributed by atoms with van der Waals surface area (Å²) in [5.74, 6) is 1.55. The van der Waals surface area contributed by atoms with Crippen molar-refractivity contribution in [2.45, 2.75) is 71.6 Å². The molecular weight excluding hydrogens is 1150 g/mol. The molecule has 0 N–H and O–H groups in total. The molecule has 18 rings (SSSR count). The zero-order valence-corrected chi connectivity index (χ0v) is 53.8. The molecule has 16 aromatic rings. The van der Waals surface area contributed by atoms with Crippen LogP contribution in [0.1, 0.15) is 86.1 Å². The maximum absolute atomic E-state index is 7.56. The Morgan fingerprint density at radius 1 is 0.351 bits per heavy atom. The fourth-order valence-electron chi connectivity index (χ4n) is 15.6. The number of anilines is 6. The molecule has 0 saturated heterocycles. The lowest BCUT2D eigenvalue weighted by Gasteiger charge is -2.33. The molecule has 7 nitrogen and oxygen atoms in total. The molecular formula is C87H66N4O3. The molecule has 11 aromatic carbocycles. The van der Waals surface area contributed by atoms with Crippen molar-refractivity contribution < 1.29 is 13.3 Å². The molecule has 0 radical (unpaired) electrons. The Hall–Kier alpha value is -11.3. The number of hydrogen-bond donors (Lipinski definition) is 0. The second-order valence-corrected chi connectivity index (χ2v) is 27.8. The number of furan rings is 3. The molecule has 2 aliphatic rings. The first-order valence-electron chi connectivity index (χ1n) is 32.6. The zero-order valence-electron chi connectivity index (χ0n) is 53.8. The van der Waals surface area contributed by atoms with Gasteiger partial charge in [0.25, 0.3) is 0 Å². The molecule has 7 heteroatoms. The molecule has 5 aromatic heterocycles. The van der Waals surface area contributed by atoms with Crippen LogP contribution in [0, 0.1) is 13.8 Å². The second-order valence-electron chi connectivity index (χ2n) is 27.8. The molecule has 0 unspecified atom stereocenters. The first-order valence-corrected chi connectivity index (χ1v) is 32.6. The number of aryl methyl sites for hydroxylation is 2. The molecule has 0 amide bonds. The molecule has 0 saturated carbocycles. The molecule has 0 atom stereocenters. The normalized spacial score (nSPS) is 13.2. The average Bonchev–Trinajstić information content (AvgIpc) is 1.49. The summed E-state index contributed by atoms with van der Waals surface area (Å²) in [5.41, 5.74) is 25.6. The lowest BCUT2D eigenvalue weighted by atomic mass is 9.70. The van der Waals surface area contributed by atoms with Crippen molar-refractivity contribution in [3.05, 3.63) is 300 Å². The van der Waals surface area contributed by atoms with Crippen molar-refractivity contribution in [2.24, 2.45) is 0 Å². The third-order valence-corrected chi connectivity index (χ3v) is 20.1. The predicted molar refractivity (Wildman–Crippen MR) is 387 cm³/mol. The van der Waals surface area contributed by atoms with Crippen LogP contribution in [0.2, 0.25) is 0 Å². The van der Waals surface area contributed by atoms with Gasteiger partial charge in [0.2, 0.25) is 0 Å². The third-order valence-electron chi connectivity index (χ3n) is 20.1. The molecule has 5 heterocycles. The van der Waals surface area contributed by atoms with E-state index in [9.17, 15) is 0 Å². The SMILES string of the molecule is Cc1cnc(N(c2ccc(C(C)(C)C)cc2)c2cc3c(c4oc5ccccc5c24)-c2ccc(N(c4ccc(C(C)(C)C)cc4)c4cc(-c5cccc6c5oc5ccccc56)c(C)cn4)cc2C32c3ccccc3-c3ccccc32)c(-c2cccc3c2oc2ccccc23)c1. The van der Waals surface area contributed by atoms with Gasteiger partial charge in [-0.1, -0.05) is 211 Å². The summed E-state index contributed by atoms with van der Waals surface area (Å²) in [6.45, 7) is 17.9. The van der Waals surface area contributed by atoms with Gasteiger partial charge in [-0.3, -0.25) is 9.80 Å². The molecule has 1 spiro atoms. The Balaban J connectivity index is 0.928. The van der Waals surface area contributed by atoms with Gasteiger partial charge in [0.05, 0.1) is 16.5 Å². The first kappa shape index (κ1) is 55.6. The van der Waals surface area contributed by atoms with E-state index in [1.807, 2.05) is 24.5 Å². The summed E-state index contributed by atoms with van der Waals surface area (Å²) in [6, 6.07) is 88.5. The lowest BCUT2D eigenvalue weighted by Crippen LogP contribution is -2.26. The smallest absolute Gasteiger partial charge is 0.145 e. The minimum Gasteiger partial charge on any atom is -0.455 e. The fraction of sp³-hybridized carbons (Fsp3) is 0.126. The van der Waals surface area contributed by atoms with E-state index in [-0.39, 0.29) is 10.8 Å². The summed E-state index contributed by atoms with van der Waals surface area (Å²) in [4.78, 5) is 15.8. The number of hydrogen-bond acceptors (Lipinski definition) is 7. The Bertz CT molecular complexity index is 5760. The quantitative estimate of drug-likeness (QED) is 0.150. The second kappa shape index (κ2) is 20.4. The van der Waals surface area contributed by atoms with Gasteiger partial charge in [-0.25, -0.2) is 9.97 Å². The van der Waals surface area contributed by atoms with E-state index in [1.54, 1.807) is 0 Å². The van der Waals surface area contributed by atoms with Crippen LogP contribution in [0.4, 0.5) is 34.4 Å². The predicted octanol–water partition coefficient (Wildman–Crippen LogP) is 24.0. The van der Waals surface area contributed by atoms with Crippen LogP contribution < -0.4 is 9.80 Å². The summed E-state index contributed by atoms with van der Waals surface area (Å²) >= 11 is 0. The highest BCUT2D eigenvalue weighted by atomic mass is 16.3. The van der Waals surface area contributed by atoms with Gasteiger partial charge in [-0.05, 0) is 164 Å². The van der Waals surface area contributed by atoms with Gasteiger partial charge in [0.15, 0.2) is 0 Å². The maximum Gasteiger partial charge on any atom is 0.145 e. The van der Waals surface area contributed by atoms with E-state index in [0.29, 0.717) is 0 Å². The molecule has 0 bridgehead atoms. The van der Waals surface area contributed by atoms with Gasteiger partial charge >= 0.3 is 0 Å². The van der Waals surface area contributed by atoms with Crippen molar-refractivity contribution >= 4 is 100 Å². The highest BCUT2D eigenvalue weighted by Crippen LogP contribution is 2.66. The highest BCUT2D eigenvalue weighted by Gasteiger charge is 2.53. The largest absolute Gasteiger partial charge is 0.455 e.